The number of nitrogen functional groups attached to an aromatic ring is 1. The summed E-state index contributed by atoms with van der Waals surface area (Å²) in [6.07, 6.45) is 6.73. The molecule has 3 nitrogen and oxygen atoms in total. The maximum absolute atomic E-state index is 11.9. The highest BCUT2D eigenvalue weighted by molar-refractivity contribution is 7.98. The Kier molecular flexibility index (Phi) is 7.75. The molecular weight excluding hydrogens is 280 g/mol. The largest absolute Gasteiger partial charge is 0.397 e. The monoisotopic (exact) mass is 300 g/mol. The average Bonchev–Trinajstić information content (AvgIpc) is 2.40. The molecule has 1 amide bonds. The number of hydrogen-bond acceptors (Lipinski definition) is 3. The van der Waals surface area contributed by atoms with E-state index in [0.29, 0.717) is 22.8 Å². The van der Waals surface area contributed by atoms with Gasteiger partial charge in [0, 0.05) is 6.54 Å². The first-order chi connectivity index (χ1) is 9.16. The zero-order chi connectivity index (χ0) is 14.1. The summed E-state index contributed by atoms with van der Waals surface area (Å²) in [7, 11) is 0. The molecule has 0 unspecified atom stereocenters. The third-order valence-electron chi connectivity index (χ3n) is 2.86. The third-order valence-corrected chi connectivity index (χ3v) is 3.88. The van der Waals surface area contributed by atoms with Crippen LogP contribution in [-0.2, 0) is 0 Å². The van der Waals surface area contributed by atoms with Crippen LogP contribution in [-0.4, -0.2) is 24.5 Å². The van der Waals surface area contributed by atoms with E-state index < -0.39 is 0 Å². The van der Waals surface area contributed by atoms with Crippen molar-refractivity contribution in [2.24, 2.45) is 0 Å². The molecule has 3 N–H and O–H groups in total. The highest BCUT2D eigenvalue weighted by atomic mass is 35.5. The number of rotatable bonds is 8. The minimum atomic E-state index is -0.149. The van der Waals surface area contributed by atoms with Crippen molar-refractivity contribution in [3.05, 3.63) is 28.8 Å². The maximum atomic E-state index is 11.9. The molecule has 1 rings (SSSR count). The van der Waals surface area contributed by atoms with Gasteiger partial charge in [0.05, 0.1) is 16.3 Å². The molecule has 0 saturated heterocycles. The first-order valence-corrected chi connectivity index (χ1v) is 8.25. The van der Waals surface area contributed by atoms with Gasteiger partial charge in [-0.15, -0.1) is 0 Å². The molecule has 0 bridgehead atoms. The lowest BCUT2D eigenvalue weighted by Gasteiger charge is -2.08. The van der Waals surface area contributed by atoms with Gasteiger partial charge >= 0.3 is 0 Å². The topological polar surface area (TPSA) is 55.1 Å². The Balaban J connectivity index is 2.26. The molecule has 0 saturated carbocycles. The van der Waals surface area contributed by atoms with E-state index in [-0.39, 0.29) is 5.91 Å². The van der Waals surface area contributed by atoms with Crippen LogP contribution in [0.1, 0.15) is 36.0 Å². The normalized spacial score (nSPS) is 10.4. The van der Waals surface area contributed by atoms with Gasteiger partial charge in [0.1, 0.15) is 0 Å². The van der Waals surface area contributed by atoms with Gasteiger partial charge < -0.3 is 11.1 Å². The predicted octanol–water partition coefficient (Wildman–Crippen LogP) is 3.58. The lowest BCUT2D eigenvalue weighted by molar-refractivity contribution is 0.0954. The molecule has 0 heterocycles. The summed E-state index contributed by atoms with van der Waals surface area (Å²) < 4.78 is 0. The molecule has 0 spiro atoms. The van der Waals surface area contributed by atoms with E-state index >= 15 is 0 Å². The summed E-state index contributed by atoms with van der Waals surface area (Å²) >= 11 is 7.76. The van der Waals surface area contributed by atoms with Gasteiger partial charge in [-0.05, 0) is 37.0 Å². The first kappa shape index (κ1) is 16.2. The predicted molar refractivity (Wildman–Crippen MR) is 85.0 cm³/mol. The van der Waals surface area contributed by atoms with Gasteiger partial charge in [-0.2, -0.15) is 11.8 Å². The Morgan fingerprint density at radius 2 is 2.05 bits per heavy atom. The molecule has 0 aliphatic carbocycles. The highest BCUT2D eigenvalue weighted by Gasteiger charge is 2.10. The number of amides is 1. The molecule has 19 heavy (non-hydrogen) atoms. The summed E-state index contributed by atoms with van der Waals surface area (Å²) in [6, 6.07) is 5.10. The average molecular weight is 301 g/mol. The SMILES string of the molecule is CSCCCCCCNC(=O)c1cccc(Cl)c1N. The molecule has 0 fully saturated rings. The van der Waals surface area contributed by atoms with Gasteiger partial charge in [0.15, 0.2) is 0 Å². The van der Waals surface area contributed by atoms with Gasteiger partial charge in [-0.3, -0.25) is 4.79 Å². The Labute approximate surface area is 124 Å². The van der Waals surface area contributed by atoms with Gasteiger partial charge in [-0.1, -0.05) is 30.5 Å². The molecule has 5 heteroatoms. The van der Waals surface area contributed by atoms with Crippen molar-refractivity contribution in [3.63, 3.8) is 0 Å². The number of anilines is 1. The van der Waals surface area contributed by atoms with E-state index in [1.54, 1.807) is 18.2 Å². The Morgan fingerprint density at radius 3 is 2.79 bits per heavy atom. The van der Waals surface area contributed by atoms with Crippen LogP contribution in [0.3, 0.4) is 0 Å². The number of para-hydroxylation sites is 1. The molecule has 0 aromatic heterocycles. The molecule has 0 atom stereocenters. The van der Waals surface area contributed by atoms with Crippen LogP contribution in [0.4, 0.5) is 5.69 Å². The lowest BCUT2D eigenvalue weighted by atomic mass is 10.1. The number of thioether (sulfide) groups is 1. The molecule has 1 aromatic rings. The van der Waals surface area contributed by atoms with Crippen LogP contribution in [0.25, 0.3) is 0 Å². The van der Waals surface area contributed by atoms with Gasteiger partial charge in [0.2, 0.25) is 0 Å². The summed E-state index contributed by atoms with van der Waals surface area (Å²) in [5.74, 6) is 1.06. The first-order valence-electron chi connectivity index (χ1n) is 6.48. The van der Waals surface area contributed by atoms with E-state index in [4.69, 9.17) is 17.3 Å². The second kappa shape index (κ2) is 9.10. The Morgan fingerprint density at radius 1 is 1.32 bits per heavy atom. The number of nitrogens with two attached hydrogens (primary N) is 1. The molecule has 0 aliphatic heterocycles. The summed E-state index contributed by atoms with van der Waals surface area (Å²) in [5.41, 5.74) is 6.58. The fraction of sp³-hybridized carbons (Fsp3) is 0.500. The van der Waals surface area contributed by atoms with Gasteiger partial charge in [-0.25, -0.2) is 0 Å². The minimum absolute atomic E-state index is 0.149. The minimum Gasteiger partial charge on any atom is -0.397 e. The second-order valence-electron chi connectivity index (χ2n) is 4.36. The van der Waals surface area contributed by atoms with Crippen LogP contribution in [0.5, 0.6) is 0 Å². The maximum Gasteiger partial charge on any atom is 0.253 e. The summed E-state index contributed by atoms with van der Waals surface area (Å²) in [5, 5.41) is 3.30. The standard InChI is InChI=1S/C14H21ClN2OS/c1-19-10-5-3-2-4-9-17-14(18)11-7-6-8-12(15)13(11)16/h6-8H,2-5,9-10,16H2,1H3,(H,17,18). The smallest absolute Gasteiger partial charge is 0.253 e. The molecule has 1 aromatic carbocycles. The van der Waals surface area contributed by atoms with E-state index in [1.165, 1.54) is 18.6 Å². The van der Waals surface area contributed by atoms with E-state index in [0.717, 1.165) is 12.8 Å². The van der Waals surface area contributed by atoms with Crippen molar-refractivity contribution < 1.29 is 4.79 Å². The second-order valence-corrected chi connectivity index (χ2v) is 5.76. The Hall–Kier alpha value is -0.870. The van der Waals surface area contributed by atoms with Crippen LogP contribution in [0.2, 0.25) is 5.02 Å². The Bertz CT molecular complexity index is 412. The lowest BCUT2D eigenvalue weighted by Crippen LogP contribution is -2.25. The zero-order valence-corrected chi connectivity index (χ0v) is 12.8. The number of carbonyl (C=O) groups is 1. The fourth-order valence-corrected chi connectivity index (χ4v) is 2.42. The number of halogens is 1. The van der Waals surface area contributed by atoms with Crippen LogP contribution in [0, 0.1) is 0 Å². The van der Waals surface area contributed by atoms with Crippen molar-refractivity contribution in [2.75, 3.05) is 24.3 Å². The van der Waals surface area contributed by atoms with Crippen molar-refractivity contribution in [1.82, 2.24) is 5.32 Å². The van der Waals surface area contributed by atoms with Crippen molar-refractivity contribution in [2.45, 2.75) is 25.7 Å². The number of hydrogen-bond donors (Lipinski definition) is 2. The summed E-state index contributed by atoms with van der Waals surface area (Å²) in [6.45, 7) is 0.685. The molecule has 0 aliphatic rings. The number of unbranched alkanes of at least 4 members (excludes halogenated alkanes) is 3. The number of benzene rings is 1. The third kappa shape index (κ3) is 5.74. The van der Waals surface area contributed by atoms with Gasteiger partial charge in [0.25, 0.3) is 5.91 Å². The fourth-order valence-electron chi connectivity index (χ4n) is 1.76. The van der Waals surface area contributed by atoms with Crippen LogP contribution >= 0.6 is 23.4 Å². The molecule has 106 valence electrons. The van der Waals surface area contributed by atoms with Crippen molar-refractivity contribution in [3.8, 4) is 0 Å². The summed E-state index contributed by atoms with van der Waals surface area (Å²) in [4.78, 5) is 11.9. The van der Waals surface area contributed by atoms with E-state index in [9.17, 15) is 4.79 Å². The number of nitrogens with one attached hydrogen (secondary N) is 1. The van der Waals surface area contributed by atoms with E-state index in [2.05, 4.69) is 11.6 Å². The van der Waals surface area contributed by atoms with Crippen LogP contribution < -0.4 is 11.1 Å². The number of carbonyl (C=O) groups excluding carboxylic acids is 1. The van der Waals surface area contributed by atoms with E-state index in [1.807, 2.05) is 11.8 Å². The highest BCUT2D eigenvalue weighted by Crippen LogP contribution is 2.22. The van der Waals surface area contributed by atoms with Crippen LogP contribution in [0.15, 0.2) is 18.2 Å². The quantitative estimate of drug-likeness (QED) is 0.570. The molecular formula is C14H21ClN2OS. The zero-order valence-electron chi connectivity index (χ0n) is 11.2. The molecule has 0 radical (unpaired) electrons. The van der Waals surface area contributed by atoms with Crippen molar-refractivity contribution in [1.29, 1.82) is 0 Å². The van der Waals surface area contributed by atoms with Crippen molar-refractivity contribution >= 4 is 35.0 Å².